The van der Waals surface area contributed by atoms with E-state index in [4.69, 9.17) is 14.2 Å². The topological polar surface area (TPSA) is 65.0 Å². The van der Waals surface area contributed by atoms with Gasteiger partial charge in [0.25, 0.3) is 0 Å². The van der Waals surface area contributed by atoms with E-state index < -0.39 is 12.2 Å². The number of aliphatic hydroxyl groups is 1. The van der Waals surface area contributed by atoms with Gasteiger partial charge in [0.05, 0.1) is 37.4 Å². The molecule has 0 radical (unpaired) electrons. The second-order valence-electron chi connectivity index (χ2n) is 4.92. The molecule has 4 atom stereocenters. The summed E-state index contributed by atoms with van der Waals surface area (Å²) in [6.45, 7) is 2.90. The molecular weight excluding hydrogens is 236 g/mol. The van der Waals surface area contributed by atoms with Gasteiger partial charge in [0.1, 0.15) is 0 Å². The fourth-order valence-corrected chi connectivity index (χ4v) is 2.64. The Labute approximate surface area is 107 Å². The van der Waals surface area contributed by atoms with Crippen molar-refractivity contribution < 1.29 is 24.1 Å². The maximum atomic E-state index is 11.5. The molecule has 0 amide bonds. The standard InChI is InChI=1S/C13H22O5/c1-2-16-13(15)8-12-9(14)5-6-10-11(18-12)4-3-7-17-10/h9-12,14H,2-8H2,1H3/t9-,10-,11+,12-/m1/s1. The van der Waals surface area contributed by atoms with Gasteiger partial charge in [0.15, 0.2) is 0 Å². The summed E-state index contributed by atoms with van der Waals surface area (Å²) in [5.41, 5.74) is 0. The van der Waals surface area contributed by atoms with E-state index in [1.54, 1.807) is 6.92 Å². The quantitative estimate of drug-likeness (QED) is 0.766. The molecule has 2 saturated heterocycles. The number of hydrogen-bond acceptors (Lipinski definition) is 5. The van der Waals surface area contributed by atoms with Crippen LogP contribution in [0.3, 0.4) is 0 Å². The van der Waals surface area contributed by atoms with E-state index in [2.05, 4.69) is 0 Å². The second kappa shape index (κ2) is 6.50. The number of fused-ring (bicyclic) bond motifs is 1. The molecule has 2 rings (SSSR count). The molecule has 0 saturated carbocycles. The number of ether oxygens (including phenoxy) is 3. The predicted molar refractivity (Wildman–Crippen MR) is 64.1 cm³/mol. The van der Waals surface area contributed by atoms with Crippen molar-refractivity contribution in [2.24, 2.45) is 0 Å². The Morgan fingerprint density at radius 2 is 2.17 bits per heavy atom. The van der Waals surface area contributed by atoms with Crippen LogP contribution in [0.5, 0.6) is 0 Å². The SMILES string of the molecule is CCOC(=O)C[C@H]1O[C@H]2CCCO[C@@H]2CC[C@H]1O. The molecule has 0 aromatic carbocycles. The molecule has 5 heteroatoms. The van der Waals surface area contributed by atoms with Gasteiger partial charge in [0.2, 0.25) is 0 Å². The van der Waals surface area contributed by atoms with Crippen LogP contribution in [0.25, 0.3) is 0 Å². The summed E-state index contributed by atoms with van der Waals surface area (Å²) in [6.07, 6.45) is 2.47. The average molecular weight is 258 g/mol. The van der Waals surface area contributed by atoms with Crippen LogP contribution < -0.4 is 0 Å². The van der Waals surface area contributed by atoms with E-state index in [-0.39, 0.29) is 24.6 Å². The number of rotatable bonds is 3. The number of carbonyl (C=O) groups is 1. The largest absolute Gasteiger partial charge is 0.466 e. The van der Waals surface area contributed by atoms with E-state index in [1.807, 2.05) is 0 Å². The highest BCUT2D eigenvalue weighted by atomic mass is 16.6. The first-order valence-corrected chi connectivity index (χ1v) is 6.81. The molecule has 0 aromatic rings. The van der Waals surface area contributed by atoms with E-state index in [0.717, 1.165) is 25.9 Å². The Hall–Kier alpha value is -0.650. The first-order chi connectivity index (χ1) is 8.70. The smallest absolute Gasteiger partial charge is 0.308 e. The van der Waals surface area contributed by atoms with Crippen LogP contribution in [0.2, 0.25) is 0 Å². The maximum Gasteiger partial charge on any atom is 0.308 e. The van der Waals surface area contributed by atoms with E-state index in [1.165, 1.54) is 0 Å². The van der Waals surface area contributed by atoms with Crippen LogP contribution in [0.1, 0.15) is 39.0 Å². The summed E-state index contributed by atoms with van der Waals surface area (Å²) in [5.74, 6) is -0.309. The van der Waals surface area contributed by atoms with Gasteiger partial charge in [-0.1, -0.05) is 0 Å². The minimum absolute atomic E-state index is 0.00956. The molecule has 0 aromatic heterocycles. The Bertz CT molecular complexity index is 281. The van der Waals surface area contributed by atoms with Crippen molar-refractivity contribution in [3.63, 3.8) is 0 Å². The van der Waals surface area contributed by atoms with Gasteiger partial charge in [-0.15, -0.1) is 0 Å². The van der Waals surface area contributed by atoms with E-state index >= 15 is 0 Å². The van der Waals surface area contributed by atoms with Crippen molar-refractivity contribution in [2.75, 3.05) is 13.2 Å². The Kier molecular flexibility index (Phi) is 4.97. The lowest BCUT2D eigenvalue weighted by atomic mass is 10.0. The summed E-state index contributed by atoms with van der Waals surface area (Å²) in [5, 5.41) is 10.0. The van der Waals surface area contributed by atoms with Crippen molar-refractivity contribution in [1.29, 1.82) is 0 Å². The van der Waals surface area contributed by atoms with Gasteiger partial charge in [0, 0.05) is 6.61 Å². The third kappa shape index (κ3) is 3.43. The molecule has 1 N–H and O–H groups in total. The summed E-state index contributed by atoms with van der Waals surface area (Å²) < 4.78 is 16.4. The van der Waals surface area contributed by atoms with Gasteiger partial charge in [-0.25, -0.2) is 0 Å². The van der Waals surface area contributed by atoms with Crippen LogP contribution in [0.15, 0.2) is 0 Å². The third-order valence-corrected chi connectivity index (χ3v) is 3.58. The Morgan fingerprint density at radius 1 is 1.33 bits per heavy atom. The fourth-order valence-electron chi connectivity index (χ4n) is 2.64. The van der Waals surface area contributed by atoms with Crippen molar-refractivity contribution in [3.8, 4) is 0 Å². The minimum Gasteiger partial charge on any atom is -0.466 e. The molecule has 2 fully saturated rings. The fraction of sp³-hybridized carbons (Fsp3) is 0.923. The van der Waals surface area contributed by atoms with Gasteiger partial charge < -0.3 is 19.3 Å². The molecule has 0 bridgehead atoms. The molecule has 5 nitrogen and oxygen atoms in total. The Morgan fingerprint density at radius 3 is 2.94 bits per heavy atom. The molecule has 0 unspecified atom stereocenters. The average Bonchev–Trinajstić information content (AvgIpc) is 2.51. The Balaban J connectivity index is 1.94. The predicted octanol–water partition coefficient (Wildman–Crippen LogP) is 1.03. The van der Waals surface area contributed by atoms with E-state index in [0.29, 0.717) is 13.0 Å². The van der Waals surface area contributed by atoms with Crippen molar-refractivity contribution in [2.45, 2.75) is 63.4 Å². The van der Waals surface area contributed by atoms with Gasteiger partial charge in [-0.3, -0.25) is 4.79 Å². The monoisotopic (exact) mass is 258 g/mol. The molecule has 18 heavy (non-hydrogen) atoms. The van der Waals surface area contributed by atoms with E-state index in [9.17, 15) is 9.90 Å². The molecule has 2 aliphatic rings. The molecule has 104 valence electrons. The maximum absolute atomic E-state index is 11.5. The van der Waals surface area contributed by atoms with Crippen LogP contribution >= 0.6 is 0 Å². The normalized spacial score (nSPS) is 36.6. The lowest BCUT2D eigenvalue weighted by Gasteiger charge is -2.31. The molecular formula is C13H22O5. The summed E-state index contributed by atoms with van der Waals surface area (Å²) in [6, 6.07) is 0. The number of carbonyl (C=O) groups excluding carboxylic acids is 1. The number of aliphatic hydroxyl groups excluding tert-OH is 1. The number of hydrogen-bond donors (Lipinski definition) is 1. The zero-order valence-electron chi connectivity index (χ0n) is 10.8. The highest BCUT2D eigenvalue weighted by molar-refractivity contribution is 5.70. The highest BCUT2D eigenvalue weighted by Crippen LogP contribution is 2.29. The summed E-state index contributed by atoms with van der Waals surface area (Å²) in [4.78, 5) is 11.5. The van der Waals surface area contributed by atoms with Crippen LogP contribution in [-0.4, -0.2) is 48.7 Å². The lowest BCUT2D eigenvalue weighted by Crippen LogP contribution is -2.38. The van der Waals surface area contributed by atoms with Crippen LogP contribution in [-0.2, 0) is 19.0 Å². The van der Waals surface area contributed by atoms with Crippen molar-refractivity contribution in [3.05, 3.63) is 0 Å². The zero-order valence-corrected chi connectivity index (χ0v) is 10.8. The summed E-state index contributed by atoms with van der Waals surface area (Å²) >= 11 is 0. The minimum atomic E-state index is -0.608. The lowest BCUT2D eigenvalue weighted by molar-refractivity contribution is -0.159. The third-order valence-electron chi connectivity index (χ3n) is 3.58. The van der Waals surface area contributed by atoms with Crippen molar-refractivity contribution >= 4 is 5.97 Å². The molecule has 2 aliphatic heterocycles. The van der Waals surface area contributed by atoms with Crippen LogP contribution in [0.4, 0.5) is 0 Å². The summed E-state index contributed by atoms with van der Waals surface area (Å²) in [7, 11) is 0. The molecule has 2 heterocycles. The van der Waals surface area contributed by atoms with Gasteiger partial charge in [-0.05, 0) is 32.6 Å². The van der Waals surface area contributed by atoms with Crippen LogP contribution in [0, 0.1) is 0 Å². The number of esters is 1. The van der Waals surface area contributed by atoms with Gasteiger partial charge >= 0.3 is 5.97 Å². The highest BCUT2D eigenvalue weighted by Gasteiger charge is 2.36. The first kappa shape index (κ1) is 13.8. The van der Waals surface area contributed by atoms with Gasteiger partial charge in [-0.2, -0.15) is 0 Å². The zero-order chi connectivity index (χ0) is 13.0. The molecule has 0 spiro atoms. The second-order valence-corrected chi connectivity index (χ2v) is 4.92. The molecule has 0 aliphatic carbocycles. The van der Waals surface area contributed by atoms with Crippen molar-refractivity contribution in [1.82, 2.24) is 0 Å². The first-order valence-electron chi connectivity index (χ1n) is 6.81.